The quantitative estimate of drug-likeness (QED) is 0.401. The maximum atomic E-state index is 13.3. The Morgan fingerprint density at radius 2 is 1.93 bits per heavy atom. The van der Waals surface area contributed by atoms with Crippen LogP contribution in [0.4, 0.5) is 5.69 Å². The van der Waals surface area contributed by atoms with Crippen LogP contribution in [0.1, 0.15) is 52.5 Å². The largest absolute Gasteiger partial charge is 0.468 e. The maximum Gasteiger partial charge on any atom is 0.319 e. The monoisotopic (exact) mass is 431 g/mol. The molecule has 1 saturated heterocycles. The Hall–Kier alpha value is -1.99. The van der Waals surface area contributed by atoms with E-state index in [1.54, 1.807) is 4.90 Å². The molecule has 0 spiro atoms. The zero-order valence-corrected chi connectivity index (χ0v) is 20.1. The van der Waals surface area contributed by atoms with E-state index in [-0.39, 0.29) is 17.4 Å². The van der Waals surface area contributed by atoms with Crippen LogP contribution in [0.2, 0.25) is 18.1 Å². The number of hydrogen-bond acceptors (Lipinski definition) is 5. The smallest absolute Gasteiger partial charge is 0.319 e. The molecule has 1 aromatic rings. The summed E-state index contributed by atoms with van der Waals surface area (Å²) in [7, 11) is -0.929. The molecule has 3 rings (SSSR count). The van der Waals surface area contributed by atoms with Crippen molar-refractivity contribution in [1.82, 2.24) is 0 Å². The molecule has 0 N–H and O–H groups in total. The lowest BCUT2D eigenvalue weighted by molar-refractivity contribution is -0.153. The molecular weight excluding hydrogens is 398 g/mol. The Morgan fingerprint density at radius 1 is 1.30 bits per heavy atom. The highest BCUT2D eigenvalue weighted by Gasteiger charge is 2.66. The van der Waals surface area contributed by atoms with E-state index in [0.29, 0.717) is 24.1 Å². The maximum absolute atomic E-state index is 13.3. The van der Waals surface area contributed by atoms with Gasteiger partial charge in [-0.05, 0) is 43.1 Å². The van der Waals surface area contributed by atoms with E-state index in [4.69, 9.17) is 9.16 Å². The molecule has 2 aliphatic rings. The van der Waals surface area contributed by atoms with Gasteiger partial charge in [0.1, 0.15) is 11.7 Å². The zero-order chi connectivity index (χ0) is 22.5. The summed E-state index contributed by atoms with van der Waals surface area (Å²) in [5, 5.41) is -0.0493. The first kappa shape index (κ1) is 22.7. The fourth-order valence-electron chi connectivity index (χ4n) is 4.94. The number of esters is 1. The molecule has 2 heterocycles. The second-order valence-corrected chi connectivity index (χ2v) is 14.9. The minimum Gasteiger partial charge on any atom is -0.468 e. The summed E-state index contributed by atoms with van der Waals surface area (Å²) in [6.45, 7) is 12.8. The van der Waals surface area contributed by atoms with Gasteiger partial charge in [-0.3, -0.25) is 9.59 Å². The number of amides is 1. The molecule has 1 amide bonds. The van der Waals surface area contributed by atoms with Crippen molar-refractivity contribution in [3.63, 3.8) is 0 Å². The summed E-state index contributed by atoms with van der Waals surface area (Å²) in [5.41, 5.74) is -0.758. The van der Waals surface area contributed by atoms with Gasteiger partial charge in [0.2, 0.25) is 5.91 Å². The van der Waals surface area contributed by atoms with Gasteiger partial charge in [0.15, 0.2) is 8.32 Å². The lowest BCUT2D eigenvalue weighted by Crippen LogP contribution is -2.68. The van der Waals surface area contributed by atoms with E-state index in [0.717, 1.165) is 6.29 Å². The third-order valence-corrected chi connectivity index (χ3v) is 11.9. The Balaban J connectivity index is 2.27. The molecule has 30 heavy (non-hydrogen) atoms. The average Bonchev–Trinajstić information content (AvgIpc) is 2.97. The van der Waals surface area contributed by atoms with Crippen LogP contribution < -0.4 is 4.90 Å². The number of nitrogens with zero attached hydrogens (tertiary/aromatic N) is 1. The number of anilines is 1. The van der Waals surface area contributed by atoms with Crippen LogP contribution in [0.25, 0.3) is 0 Å². The molecule has 0 saturated carbocycles. The van der Waals surface area contributed by atoms with Gasteiger partial charge < -0.3 is 18.9 Å². The Kier molecular flexibility index (Phi) is 5.52. The third-order valence-electron chi connectivity index (χ3n) is 7.30. The number of ether oxygens (including phenoxy) is 1. The predicted octanol–water partition coefficient (Wildman–Crippen LogP) is 3.98. The molecule has 0 aromatic heterocycles. The number of para-hydroxylation sites is 1. The van der Waals surface area contributed by atoms with E-state index in [1.807, 2.05) is 31.2 Å². The fraction of sp³-hybridized carbons (Fsp3) is 0.609. The molecule has 6 nitrogen and oxygen atoms in total. The Morgan fingerprint density at radius 3 is 2.50 bits per heavy atom. The summed E-state index contributed by atoms with van der Waals surface area (Å²) in [4.78, 5) is 40.0. The number of piperidine rings is 1. The van der Waals surface area contributed by atoms with Gasteiger partial charge in [-0.25, -0.2) is 0 Å². The van der Waals surface area contributed by atoms with Gasteiger partial charge in [0.25, 0.3) is 0 Å². The van der Waals surface area contributed by atoms with Crippen molar-refractivity contribution < 1.29 is 23.5 Å². The van der Waals surface area contributed by atoms with Crippen molar-refractivity contribution >= 4 is 32.2 Å². The average molecular weight is 432 g/mol. The molecule has 0 radical (unpaired) electrons. The number of hydrogen-bond donors (Lipinski definition) is 0. The minimum atomic E-state index is -2.26. The standard InChI is InChI=1S/C23H33NO5Si/c1-21(2,3)30(6,7)29-22(4)13-12-18(26)24-17-11-9-8-10-16(17)23(14-15-25,19(22)24)20(27)28-5/h8-11,15,19H,12-14H2,1-7H3/t19-,22-,23-/m0/s1. The molecule has 0 unspecified atom stereocenters. The number of benzene rings is 1. The second kappa shape index (κ2) is 7.30. The first-order chi connectivity index (χ1) is 13.9. The van der Waals surface area contributed by atoms with Crippen LogP contribution in [0.3, 0.4) is 0 Å². The van der Waals surface area contributed by atoms with Gasteiger partial charge in [0, 0.05) is 18.5 Å². The van der Waals surface area contributed by atoms with Gasteiger partial charge >= 0.3 is 5.97 Å². The van der Waals surface area contributed by atoms with Crippen LogP contribution in [0, 0.1) is 0 Å². The normalized spacial score (nSPS) is 28.7. The summed E-state index contributed by atoms with van der Waals surface area (Å²) >= 11 is 0. The molecular formula is C23H33NO5Si. The minimum absolute atomic E-state index is 0.0493. The summed E-state index contributed by atoms with van der Waals surface area (Å²) in [5.74, 6) is -0.560. The predicted molar refractivity (Wildman–Crippen MR) is 118 cm³/mol. The molecule has 164 valence electrons. The lowest BCUT2D eigenvalue weighted by Gasteiger charge is -2.54. The van der Waals surface area contributed by atoms with Crippen molar-refractivity contribution in [2.24, 2.45) is 0 Å². The topological polar surface area (TPSA) is 72.9 Å². The summed E-state index contributed by atoms with van der Waals surface area (Å²) in [6.07, 6.45) is 1.50. The van der Waals surface area contributed by atoms with Gasteiger partial charge in [0.05, 0.1) is 18.8 Å². The SMILES string of the molecule is COC(=O)[C@@]1(CC=O)c2ccccc2N2C(=O)CC[C@](C)(O[Si](C)(C)C(C)(C)C)[C@H]21. The summed E-state index contributed by atoms with van der Waals surface area (Å²) < 4.78 is 12.2. The van der Waals surface area contributed by atoms with E-state index < -0.39 is 31.3 Å². The van der Waals surface area contributed by atoms with E-state index >= 15 is 0 Å². The van der Waals surface area contributed by atoms with E-state index in [9.17, 15) is 14.4 Å². The fourth-order valence-corrected chi connectivity index (χ4v) is 6.62. The van der Waals surface area contributed by atoms with Crippen molar-refractivity contribution in [3.05, 3.63) is 29.8 Å². The molecule has 3 atom stereocenters. The third kappa shape index (κ3) is 3.14. The number of methoxy groups -OCH3 is 1. The highest BCUT2D eigenvalue weighted by atomic mass is 28.4. The van der Waals surface area contributed by atoms with Crippen molar-refractivity contribution in [3.8, 4) is 0 Å². The Labute approximate surface area is 180 Å². The van der Waals surface area contributed by atoms with Crippen LogP contribution in [-0.2, 0) is 29.0 Å². The number of carbonyl (C=O) groups excluding carboxylic acids is 3. The van der Waals surface area contributed by atoms with Crippen LogP contribution in [0.5, 0.6) is 0 Å². The first-order valence-corrected chi connectivity index (χ1v) is 13.4. The van der Waals surface area contributed by atoms with Crippen molar-refractivity contribution in [2.75, 3.05) is 12.0 Å². The summed E-state index contributed by atoms with van der Waals surface area (Å²) in [6, 6.07) is 6.70. The van der Waals surface area contributed by atoms with Crippen LogP contribution >= 0.6 is 0 Å². The highest BCUT2D eigenvalue weighted by Crippen LogP contribution is 2.56. The molecule has 0 aliphatic carbocycles. The molecule has 1 fully saturated rings. The lowest BCUT2D eigenvalue weighted by atomic mass is 9.66. The Bertz CT molecular complexity index is 877. The van der Waals surface area contributed by atoms with Crippen molar-refractivity contribution in [2.45, 2.75) is 82.1 Å². The molecule has 7 heteroatoms. The van der Waals surface area contributed by atoms with Crippen molar-refractivity contribution in [1.29, 1.82) is 0 Å². The number of fused-ring (bicyclic) bond motifs is 3. The first-order valence-electron chi connectivity index (χ1n) is 10.5. The number of carbonyl (C=O) groups is 3. The number of aldehydes is 1. The second-order valence-electron chi connectivity index (χ2n) is 10.2. The van der Waals surface area contributed by atoms with Crippen LogP contribution in [0.15, 0.2) is 24.3 Å². The van der Waals surface area contributed by atoms with Gasteiger partial charge in [-0.2, -0.15) is 0 Å². The van der Waals surface area contributed by atoms with E-state index in [1.165, 1.54) is 7.11 Å². The molecule has 2 aliphatic heterocycles. The molecule has 1 aromatic carbocycles. The molecule has 0 bridgehead atoms. The van der Waals surface area contributed by atoms with Gasteiger partial charge in [-0.15, -0.1) is 0 Å². The van der Waals surface area contributed by atoms with E-state index in [2.05, 4.69) is 33.9 Å². The highest BCUT2D eigenvalue weighted by molar-refractivity contribution is 6.74. The zero-order valence-electron chi connectivity index (χ0n) is 19.1. The van der Waals surface area contributed by atoms with Gasteiger partial charge in [-0.1, -0.05) is 39.0 Å². The number of rotatable bonds is 5. The van der Waals surface area contributed by atoms with Crippen LogP contribution in [-0.4, -0.2) is 45.2 Å².